The molecular weight excluding hydrogens is 291 g/mol. The third kappa shape index (κ3) is 3.76. The Balaban J connectivity index is 1.61. The lowest BCUT2D eigenvalue weighted by atomic mass is 9.63. The molecule has 4 atom stereocenters. The van der Waals surface area contributed by atoms with E-state index in [1.54, 1.807) is 12.1 Å². The molecule has 2 saturated carbocycles. The number of fused-ring (bicyclic) bond motifs is 1. The van der Waals surface area contributed by atoms with Crippen molar-refractivity contribution in [2.45, 2.75) is 57.3 Å². The van der Waals surface area contributed by atoms with Gasteiger partial charge in [0, 0.05) is 6.42 Å². The van der Waals surface area contributed by atoms with Gasteiger partial charge in [0.2, 0.25) is 0 Å². The van der Waals surface area contributed by atoms with Gasteiger partial charge in [-0.15, -0.1) is 0 Å². The Morgan fingerprint density at radius 3 is 2.70 bits per heavy atom. The van der Waals surface area contributed by atoms with Gasteiger partial charge in [-0.25, -0.2) is 4.39 Å². The van der Waals surface area contributed by atoms with E-state index in [1.807, 2.05) is 6.07 Å². The van der Waals surface area contributed by atoms with Gasteiger partial charge in [-0.3, -0.25) is 0 Å². The van der Waals surface area contributed by atoms with Crippen molar-refractivity contribution < 1.29 is 13.9 Å². The maximum atomic E-state index is 14.0. The highest BCUT2D eigenvalue weighted by Crippen LogP contribution is 2.48. The van der Waals surface area contributed by atoms with E-state index in [4.69, 9.17) is 4.74 Å². The lowest BCUT2D eigenvalue weighted by Crippen LogP contribution is -2.30. The standard InChI is InChI=1S/C20H27FO2/c1-23-20-9-8-18(13-19(20)21)17-7-6-15-11-14(3-2-10-22)4-5-16(15)12-17/h8-10,13-17H,2-7,11-12H2,1H3. The summed E-state index contributed by atoms with van der Waals surface area (Å²) in [5.41, 5.74) is 1.13. The molecule has 2 nitrogen and oxygen atoms in total. The first-order valence-electron chi connectivity index (χ1n) is 8.98. The highest BCUT2D eigenvalue weighted by atomic mass is 19.1. The number of carbonyl (C=O) groups is 1. The Hall–Kier alpha value is -1.38. The van der Waals surface area contributed by atoms with Crippen LogP contribution in [0.5, 0.6) is 5.75 Å². The minimum Gasteiger partial charge on any atom is -0.494 e. The fraction of sp³-hybridized carbons (Fsp3) is 0.650. The monoisotopic (exact) mass is 318 g/mol. The Labute approximate surface area is 138 Å². The molecule has 3 heteroatoms. The van der Waals surface area contributed by atoms with E-state index in [0.29, 0.717) is 11.7 Å². The molecule has 4 unspecified atom stereocenters. The molecule has 1 aromatic carbocycles. The second kappa shape index (κ2) is 7.46. The number of rotatable bonds is 5. The van der Waals surface area contributed by atoms with Crippen molar-refractivity contribution in [2.24, 2.45) is 17.8 Å². The van der Waals surface area contributed by atoms with Gasteiger partial charge in [0.05, 0.1) is 7.11 Å². The molecular formula is C20H27FO2. The van der Waals surface area contributed by atoms with Crippen LogP contribution in [0.15, 0.2) is 18.2 Å². The fourth-order valence-corrected chi connectivity index (χ4v) is 4.79. The van der Waals surface area contributed by atoms with Crippen molar-refractivity contribution >= 4 is 6.29 Å². The average Bonchev–Trinajstić information content (AvgIpc) is 2.59. The Morgan fingerprint density at radius 2 is 1.96 bits per heavy atom. The highest BCUT2D eigenvalue weighted by Gasteiger charge is 2.35. The van der Waals surface area contributed by atoms with Gasteiger partial charge in [-0.05, 0) is 79.9 Å². The van der Waals surface area contributed by atoms with Gasteiger partial charge < -0.3 is 9.53 Å². The van der Waals surface area contributed by atoms with E-state index in [9.17, 15) is 9.18 Å². The minimum absolute atomic E-state index is 0.246. The number of hydrogen-bond acceptors (Lipinski definition) is 2. The molecule has 0 bridgehead atoms. The second-order valence-corrected chi connectivity index (χ2v) is 7.35. The van der Waals surface area contributed by atoms with Crippen molar-refractivity contribution in [3.05, 3.63) is 29.6 Å². The number of methoxy groups -OCH3 is 1. The number of aldehydes is 1. The summed E-state index contributed by atoms with van der Waals surface area (Å²) >= 11 is 0. The number of carbonyl (C=O) groups excluding carboxylic acids is 1. The van der Waals surface area contributed by atoms with Gasteiger partial charge in [-0.2, -0.15) is 0 Å². The summed E-state index contributed by atoms with van der Waals surface area (Å²) in [6, 6.07) is 5.45. The molecule has 2 aliphatic carbocycles. The van der Waals surface area contributed by atoms with Crippen LogP contribution in [-0.2, 0) is 4.79 Å². The topological polar surface area (TPSA) is 26.3 Å². The van der Waals surface area contributed by atoms with Crippen molar-refractivity contribution in [3.8, 4) is 5.75 Å². The van der Waals surface area contributed by atoms with E-state index in [-0.39, 0.29) is 5.82 Å². The van der Waals surface area contributed by atoms with Crippen molar-refractivity contribution in [1.82, 2.24) is 0 Å². The normalized spacial score (nSPS) is 30.5. The lowest BCUT2D eigenvalue weighted by Gasteiger charge is -2.42. The first-order chi connectivity index (χ1) is 11.2. The molecule has 0 amide bonds. The fourth-order valence-electron chi connectivity index (χ4n) is 4.79. The molecule has 0 aliphatic heterocycles. The minimum atomic E-state index is -0.246. The quantitative estimate of drug-likeness (QED) is 0.705. The van der Waals surface area contributed by atoms with Crippen LogP contribution in [0, 0.1) is 23.6 Å². The van der Waals surface area contributed by atoms with Crippen LogP contribution >= 0.6 is 0 Å². The predicted molar refractivity (Wildman–Crippen MR) is 89.2 cm³/mol. The van der Waals surface area contributed by atoms with Crippen LogP contribution in [0.2, 0.25) is 0 Å². The van der Waals surface area contributed by atoms with Gasteiger partial charge >= 0.3 is 0 Å². The summed E-state index contributed by atoms with van der Waals surface area (Å²) in [6.45, 7) is 0. The van der Waals surface area contributed by atoms with E-state index in [2.05, 4.69) is 0 Å². The molecule has 1 aromatic rings. The SMILES string of the molecule is COc1ccc(C2CCC3CC(CCC=O)CCC3C2)cc1F. The van der Waals surface area contributed by atoms with Crippen LogP contribution < -0.4 is 4.74 Å². The average molecular weight is 318 g/mol. The Bertz CT molecular complexity index is 542. The predicted octanol–water partition coefficient (Wildman–Crippen LogP) is 5.11. The van der Waals surface area contributed by atoms with Crippen LogP contribution in [0.25, 0.3) is 0 Å². The zero-order valence-corrected chi connectivity index (χ0v) is 14.0. The van der Waals surface area contributed by atoms with Gasteiger partial charge in [0.1, 0.15) is 6.29 Å². The van der Waals surface area contributed by atoms with Crippen LogP contribution in [0.3, 0.4) is 0 Å². The van der Waals surface area contributed by atoms with Crippen molar-refractivity contribution in [2.75, 3.05) is 7.11 Å². The maximum Gasteiger partial charge on any atom is 0.165 e. The van der Waals surface area contributed by atoms with Crippen LogP contribution in [-0.4, -0.2) is 13.4 Å². The summed E-state index contributed by atoms with van der Waals surface area (Å²) < 4.78 is 19.0. The zero-order chi connectivity index (χ0) is 16.2. The van der Waals surface area contributed by atoms with Crippen molar-refractivity contribution in [3.63, 3.8) is 0 Å². The molecule has 3 rings (SSSR count). The van der Waals surface area contributed by atoms with E-state index >= 15 is 0 Å². The molecule has 23 heavy (non-hydrogen) atoms. The van der Waals surface area contributed by atoms with E-state index in [0.717, 1.165) is 48.9 Å². The third-order valence-corrected chi connectivity index (χ3v) is 6.06. The number of halogens is 1. The van der Waals surface area contributed by atoms with Gasteiger partial charge in [0.25, 0.3) is 0 Å². The summed E-state index contributed by atoms with van der Waals surface area (Å²) in [4.78, 5) is 10.6. The zero-order valence-electron chi connectivity index (χ0n) is 14.0. The molecule has 0 saturated heterocycles. The smallest absolute Gasteiger partial charge is 0.165 e. The van der Waals surface area contributed by atoms with Gasteiger partial charge in [0.15, 0.2) is 11.6 Å². The summed E-state index contributed by atoms with van der Waals surface area (Å²) in [6.07, 6.45) is 10.3. The summed E-state index contributed by atoms with van der Waals surface area (Å²) in [5.74, 6) is 2.92. The van der Waals surface area contributed by atoms with Crippen LogP contribution in [0.4, 0.5) is 4.39 Å². The van der Waals surface area contributed by atoms with E-state index < -0.39 is 0 Å². The Kier molecular flexibility index (Phi) is 5.34. The molecule has 0 N–H and O–H groups in total. The van der Waals surface area contributed by atoms with Crippen LogP contribution in [0.1, 0.15) is 62.8 Å². The largest absolute Gasteiger partial charge is 0.494 e. The Morgan fingerprint density at radius 1 is 1.17 bits per heavy atom. The molecule has 2 aliphatic rings. The van der Waals surface area contributed by atoms with Crippen molar-refractivity contribution in [1.29, 1.82) is 0 Å². The summed E-state index contributed by atoms with van der Waals surface area (Å²) in [7, 11) is 1.51. The molecule has 0 aromatic heterocycles. The first-order valence-corrected chi connectivity index (χ1v) is 8.98. The molecule has 0 spiro atoms. The van der Waals surface area contributed by atoms with E-state index in [1.165, 1.54) is 39.2 Å². The maximum absolute atomic E-state index is 14.0. The highest BCUT2D eigenvalue weighted by molar-refractivity contribution is 5.49. The summed E-state index contributed by atoms with van der Waals surface area (Å²) in [5, 5.41) is 0. The molecule has 0 radical (unpaired) electrons. The number of benzene rings is 1. The van der Waals surface area contributed by atoms with Gasteiger partial charge in [-0.1, -0.05) is 12.5 Å². The molecule has 0 heterocycles. The third-order valence-electron chi connectivity index (χ3n) is 6.06. The molecule has 2 fully saturated rings. The second-order valence-electron chi connectivity index (χ2n) is 7.35. The molecule has 126 valence electrons. The number of hydrogen-bond donors (Lipinski definition) is 0. The first kappa shape index (κ1) is 16.5. The lowest BCUT2D eigenvalue weighted by molar-refractivity contribution is -0.108. The number of ether oxygens (including phenoxy) is 1.